The Hall–Kier alpha value is -4.45. The van der Waals surface area contributed by atoms with Crippen molar-refractivity contribution in [3.8, 4) is 11.5 Å². The van der Waals surface area contributed by atoms with Crippen LogP contribution in [0.3, 0.4) is 0 Å². The number of phenolic OH excluding ortho intramolecular Hbond substituents is 1. The first-order valence-corrected chi connectivity index (χ1v) is 10.7. The third-order valence-electron chi connectivity index (χ3n) is 4.94. The molecule has 0 aliphatic heterocycles. The fourth-order valence-electron chi connectivity index (χ4n) is 3.13. The van der Waals surface area contributed by atoms with E-state index in [2.05, 4.69) is 16.9 Å². The molecule has 0 saturated carbocycles. The summed E-state index contributed by atoms with van der Waals surface area (Å²) in [4.78, 5) is 28.5. The van der Waals surface area contributed by atoms with E-state index in [4.69, 9.17) is 4.74 Å². The van der Waals surface area contributed by atoms with Gasteiger partial charge in [-0.05, 0) is 59.7 Å². The summed E-state index contributed by atoms with van der Waals surface area (Å²) in [6, 6.07) is 16.0. The number of phenols is 1. The summed E-state index contributed by atoms with van der Waals surface area (Å²) in [6.07, 6.45) is 8.99. The SMILES string of the molecule is C=Cc1ccc(/C=C/C(=O)CC(=O)/C=C/c2ccc(OCc3ccccn3)cc2O)cc1NC. The number of aromatic nitrogens is 1. The molecule has 3 aromatic rings. The van der Waals surface area contributed by atoms with Crippen LogP contribution in [0.4, 0.5) is 5.69 Å². The number of hydrogen-bond acceptors (Lipinski definition) is 6. The summed E-state index contributed by atoms with van der Waals surface area (Å²) in [7, 11) is 1.81. The summed E-state index contributed by atoms with van der Waals surface area (Å²) in [5, 5.41) is 13.3. The predicted molar refractivity (Wildman–Crippen MR) is 135 cm³/mol. The van der Waals surface area contributed by atoms with E-state index >= 15 is 0 Å². The number of ketones is 2. The molecule has 0 aliphatic rings. The Bertz CT molecular complexity index is 1230. The van der Waals surface area contributed by atoms with Gasteiger partial charge in [-0.3, -0.25) is 14.6 Å². The zero-order chi connectivity index (χ0) is 24.3. The van der Waals surface area contributed by atoms with E-state index in [1.807, 2.05) is 43.4 Å². The molecular weight excluding hydrogens is 428 g/mol. The molecule has 2 aromatic carbocycles. The molecule has 0 bridgehead atoms. The maximum Gasteiger partial charge on any atom is 0.163 e. The molecule has 172 valence electrons. The summed E-state index contributed by atoms with van der Waals surface area (Å²) in [6.45, 7) is 4.04. The van der Waals surface area contributed by atoms with Crippen LogP contribution < -0.4 is 10.1 Å². The first-order chi connectivity index (χ1) is 16.5. The van der Waals surface area contributed by atoms with Crippen molar-refractivity contribution in [1.82, 2.24) is 4.98 Å². The van der Waals surface area contributed by atoms with Gasteiger partial charge in [0, 0.05) is 30.6 Å². The zero-order valence-electron chi connectivity index (χ0n) is 18.9. The number of carbonyl (C=O) groups is 2. The Kier molecular flexibility index (Phi) is 8.52. The number of ether oxygens (including phenoxy) is 1. The number of benzene rings is 2. The number of nitrogens with one attached hydrogen (secondary N) is 1. The van der Waals surface area contributed by atoms with Crippen molar-refractivity contribution in [1.29, 1.82) is 0 Å². The summed E-state index contributed by atoms with van der Waals surface area (Å²) in [5.41, 5.74) is 3.91. The second-order valence-corrected chi connectivity index (χ2v) is 7.41. The predicted octanol–water partition coefficient (Wildman–Crippen LogP) is 5.31. The van der Waals surface area contributed by atoms with Crippen LogP contribution in [0, 0.1) is 0 Å². The first-order valence-electron chi connectivity index (χ1n) is 10.7. The van der Waals surface area contributed by atoms with Crippen molar-refractivity contribution < 1.29 is 19.4 Å². The summed E-state index contributed by atoms with van der Waals surface area (Å²) >= 11 is 0. The maximum absolute atomic E-state index is 12.2. The van der Waals surface area contributed by atoms with Gasteiger partial charge in [0.05, 0.1) is 12.1 Å². The van der Waals surface area contributed by atoms with Gasteiger partial charge in [0.15, 0.2) is 11.6 Å². The highest BCUT2D eigenvalue weighted by Crippen LogP contribution is 2.25. The van der Waals surface area contributed by atoms with Crippen LogP contribution in [-0.2, 0) is 16.2 Å². The molecule has 0 fully saturated rings. The number of rotatable bonds is 11. The van der Waals surface area contributed by atoms with Crippen LogP contribution in [0.15, 0.2) is 79.5 Å². The standard InChI is InChI=1S/C28H26N2O4/c1-3-21-9-7-20(16-27(21)29-2)8-12-24(31)17-25(32)13-10-22-11-14-26(18-28(22)33)34-19-23-6-4-5-15-30-23/h3-16,18,29,33H,1,17,19H2,2H3/b12-8+,13-10+. The minimum absolute atomic E-state index is 0.0305. The van der Waals surface area contributed by atoms with E-state index < -0.39 is 0 Å². The molecule has 6 heteroatoms. The zero-order valence-corrected chi connectivity index (χ0v) is 18.9. The van der Waals surface area contributed by atoms with E-state index in [-0.39, 0.29) is 30.3 Å². The lowest BCUT2D eigenvalue weighted by Gasteiger charge is -2.07. The molecule has 0 spiro atoms. The Morgan fingerprint density at radius 2 is 1.79 bits per heavy atom. The molecular formula is C28H26N2O4. The lowest BCUT2D eigenvalue weighted by atomic mass is 10.1. The first kappa shape index (κ1) is 24.2. The highest BCUT2D eigenvalue weighted by Gasteiger charge is 2.06. The summed E-state index contributed by atoms with van der Waals surface area (Å²) < 4.78 is 5.62. The molecule has 0 aliphatic carbocycles. The molecule has 2 N–H and O–H groups in total. The fraction of sp³-hybridized carbons (Fsp3) is 0.107. The number of aromatic hydroxyl groups is 1. The van der Waals surface area contributed by atoms with Crippen LogP contribution in [0.1, 0.15) is 28.8 Å². The molecule has 0 unspecified atom stereocenters. The second kappa shape index (κ2) is 12.0. The van der Waals surface area contributed by atoms with Gasteiger partial charge in [-0.15, -0.1) is 0 Å². The van der Waals surface area contributed by atoms with Crippen molar-refractivity contribution in [2.45, 2.75) is 13.0 Å². The number of anilines is 1. The molecule has 3 rings (SSSR count). The van der Waals surface area contributed by atoms with Crippen LogP contribution in [0.2, 0.25) is 0 Å². The van der Waals surface area contributed by atoms with Gasteiger partial charge in [0.2, 0.25) is 0 Å². The van der Waals surface area contributed by atoms with Crippen LogP contribution in [0.5, 0.6) is 11.5 Å². The quantitative estimate of drug-likeness (QED) is 0.302. The molecule has 1 aromatic heterocycles. The largest absolute Gasteiger partial charge is 0.507 e. The van der Waals surface area contributed by atoms with Gasteiger partial charge in [-0.25, -0.2) is 0 Å². The summed E-state index contributed by atoms with van der Waals surface area (Å²) in [5.74, 6) is -0.218. The molecule has 0 saturated heterocycles. The Morgan fingerprint density at radius 1 is 1.03 bits per heavy atom. The van der Waals surface area contributed by atoms with Gasteiger partial charge in [0.25, 0.3) is 0 Å². The van der Waals surface area contributed by atoms with Crippen molar-refractivity contribution >= 4 is 35.5 Å². The van der Waals surface area contributed by atoms with Crippen LogP contribution in [0.25, 0.3) is 18.2 Å². The molecule has 34 heavy (non-hydrogen) atoms. The highest BCUT2D eigenvalue weighted by atomic mass is 16.5. The monoisotopic (exact) mass is 454 g/mol. The van der Waals surface area contributed by atoms with E-state index in [1.54, 1.807) is 30.5 Å². The second-order valence-electron chi connectivity index (χ2n) is 7.41. The van der Waals surface area contributed by atoms with Gasteiger partial charge >= 0.3 is 0 Å². The normalized spacial score (nSPS) is 11.0. The molecule has 0 amide bonds. The van der Waals surface area contributed by atoms with Gasteiger partial charge in [-0.2, -0.15) is 0 Å². The molecule has 0 atom stereocenters. The number of pyridine rings is 1. The maximum atomic E-state index is 12.2. The fourth-order valence-corrected chi connectivity index (χ4v) is 3.13. The molecule has 0 radical (unpaired) electrons. The topological polar surface area (TPSA) is 88.5 Å². The lowest BCUT2D eigenvalue weighted by Crippen LogP contribution is -2.02. The van der Waals surface area contributed by atoms with Crippen molar-refractivity contribution in [2.24, 2.45) is 0 Å². The third kappa shape index (κ3) is 7.03. The van der Waals surface area contributed by atoms with Gasteiger partial charge in [0.1, 0.15) is 18.1 Å². The van der Waals surface area contributed by atoms with Gasteiger partial charge < -0.3 is 15.2 Å². The number of allylic oxidation sites excluding steroid dienone is 2. The number of nitrogens with zero attached hydrogens (tertiary/aromatic N) is 1. The Morgan fingerprint density at radius 3 is 2.47 bits per heavy atom. The van der Waals surface area contributed by atoms with Crippen LogP contribution in [-0.4, -0.2) is 28.7 Å². The third-order valence-corrected chi connectivity index (χ3v) is 4.94. The minimum atomic E-state index is -0.359. The number of hydrogen-bond donors (Lipinski definition) is 2. The molecule has 1 heterocycles. The van der Waals surface area contributed by atoms with E-state index in [0.717, 1.165) is 22.5 Å². The molecule has 6 nitrogen and oxygen atoms in total. The van der Waals surface area contributed by atoms with Crippen molar-refractivity contribution in [3.63, 3.8) is 0 Å². The highest BCUT2D eigenvalue weighted by molar-refractivity contribution is 6.11. The van der Waals surface area contributed by atoms with Crippen molar-refractivity contribution in [2.75, 3.05) is 12.4 Å². The Labute approximate surface area is 198 Å². The van der Waals surface area contributed by atoms with E-state index in [1.165, 1.54) is 24.3 Å². The Balaban J connectivity index is 1.54. The smallest absolute Gasteiger partial charge is 0.163 e. The van der Waals surface area contributed by atoms with Crippen molar-refractivity contribution in [3.05, 3.63) is 102 Å². The number of carbonyl (C=O) groups excluding carboxylic acids is 2. The lowest BCUT2D eigenvalue weighted by molar-refractivity contribution is -0.121. The van der Waals surface area contributed by atoms with E-state index in [9.17, 15) is 14.7 Å². The average Bonchev–Trinajstić information content (AvgIpc) is 2.86. The van der Waals surface area contributed by atoms with E-state index in [0.29, 0.717) is 11.3 Å². The minimum Gasteiger partial charge on any atom is -0.507 e. The van der Waals surface area contributed by atoms with Crippen LogP contribution >= 0.6 is 0 Å². The average molecular weight is 455 g/mol. The van der Waals surface area contributed by atoms with Gasteiger partial charge in [-0.1, -0.05) is 36.9 Å².